The third kappa shape index (κ3) is 6.41. The number of nitrogens with one attached hydrogen (secondary N) is 1. The molecule has 2 unspecified atom stereocenters. The van der Waals surface area contributed by atoms with Gasteiger partial charge in [-0.15, -0.1) is 0 Å². The lowest BCUT2D eigenvalue weighted by Gasteiger charge is -2.39. The van der Waals surface area contributed by atoms with E-state index in [0.717, 1.165) is 80.1 Å². The molecule has 0 bridgehead atoms. The Bertz CT molecular complexity index is 1230. The van der Waals surface area contributed by atoms with Crippen LogP contribution in [0.25, 0.3) is 10.9 Å². The Morgan fingerprint density at radius 2 is 1.95 bits per heavy atom. The molecule has 2 heterocycles. The Labute approximate surface area is 227 Å². The lowest BCUT2D eigenvalue weighted by atomic mass is 9.97. The minimum absolute atomic E-state index is 0.0529. The minimum atomic E-state index is -0.0529. The Kier molecular flexibility index (Phi) is 8.70. The highest BCUT2D eigenvalue weighted by Gasteiger charge is 2.30. The second kappa shape index (κ2) is 12.4. The molecule has 2 aliphatic rings. The number of amides is 1. The van der Waals surface area contributed by atoms with Crippen LogP contribution >= 0.6 is 0 Å². The summed E-state index contributed by atoms with van der Waals surface area (Å²) in [5, 5.41) is 4.05. The average Bonchev–Trinajstić information content (AvgIpc) is 3.70. The Morgan fingerprint density at radius 1 is 1.11 bits per heavy atom. The summed E-state index contributed by atoms with van der Waals surface area (Å²) in [6.45, 7) is 8.84. The van der Waals surface area contributed by atoms with Crippen molar-refractivity contribution in [3.05, 3.63) is 65.4 Å². The van der Waals surface area contributed by atoms with Gasteiger partial charge in [0.1, 0.15) is 5.75 Å². The standard InChI is InChI=1S/C32H43N3O3/c1-4-26-19-27(38-22-24-12-13-24)14-17-34(26)15-7-16-35-21-29(28-10-6-11-30(37-3)31(28)35)32(36)33-20-25-9-5-8-23(2)18-25/h5-6,8-11,18,21,24,26-27H,4,7,12-17,19-20,22H2,1-3H3,(H,33,36). The Morgan fingerprint density at radius 3 is 2.71 bits per heavy atom. The lowest BCUT2D eigenvalue weighted by Crippen LogP contribution is -2.45. The van der Waals surface area contributed by atoms with Crippen LogP contribution in [0.5, 0.6) is 5.75 Å². The van der Waals surface area contributed by atoms with Crippen molar-refractivity contribution >= 4 is 16.8 Å². The number of rotatable bonds is 12. The zero-order valence-corrected chi connectivity index (χ0v) is 23.2. The summed E-state index contributed by atoms with van der Waals surface area (Å²) in [4.78, 5) is 15.9. The van der Waals surface area contributed by atoms with Crippen molar-refractivity contribution in [1.29, 1.82) is 0 Å². The molecule has 2 fully saturated rings. The summed E-state index contributed by atoms with van der Waals surface area (Å²) in [5.41, 5.74) is 3.99. The molecular weight excluding hydrogens is 474 g/mol. The maximum Gasteiger partial charge on any atom is 0.253 e. The van der Waals surface area contributed by atoms with Crippen molar-refractivity contribution in [1.82, 2.24) is 14.8 Å². The quantitative estimate of drug-likeness (QED) is 0.323. The number of ether oxygens (including phenoxy) is 2. The van der Waals surface area contributed by atoms with E-state index in [1.807, 2.05) is 36.5 Å². The second-order valence-electron chi connectivity index (χ2n) is 11.1. The van der Waals surface area contributed by atoms with Crippen molar-refractivity contribution in [3.63, 3.8) is 0 Å². The van der Waals surface area contributed by atoms with Crippen LogP contribution in [-0.2, 0) is 17.8 Å². The topological polar surface area (TPSA) is 55.7 Å². The number of nitrogens with zero attached hydrogens (tertiary/aromatic N) is 2. The number of likely N-dealkylation sites (tertiary alicyclic amines) is 1. The summed E-state index contributed by atoms with van der Waals surface area (Å²) in [5.74, 6) is 1.58. The van der Waals surface area contributed by atoms with Crippen molar-refractivity contribution < 1.29 is 14.3 Å². The predicted molar refractivity (Wildman–Crippen MR) is 153 cm³/mol. The van der Waals surface area contributed by atoms with Crippen molar-refractivity contribution in [2.45, 2.75) is 77.6 Å². The summed E-state index contributed by atoms with van der Waals surface area (Å²) in [6.07, 6.45) is 9.61. The molecular formula is C32H43N3O3. The first-order valence-electron chi connectivity index (χ1n) is 14.4. The molecule has 204 valence electrons. The number of methoxy groups -OCH3 is 1. The normalized spacial score (nSPS) is 20.1. The first-order valence-corrected chi connectivity index (χ1v) is 14.4. The smallest absolute Gasteiger partial charge is 0.253 e. The third-order valence-electron chi connectivity index (χ3n) is 8.23. The van der Waals surface area contributed by atoms with Crippen LogP contribution in [0.3, 0.4) is 0 Å². The van der Waals surface area contributed by atoms with E-state index in [1.165, 1.54) is 18.4 Å². The number of hydrogen-bond donors (Lipinski definition) is 1. The molecule has 1 aromatic heterocycles. The van der Waals surface area contributed by atoms with Gasteiger partial charge in [-0.05, 0) is 63.0 Å². The molecule has 1 aliphatic carbocycles. The predicted octanol–water partition coefficient (Wildman–Crippen LogP) is 5.95. The fourth-order valence-electron chi connectivity index (χ4n) is 5.88. The molecule has 1 N–H and O–H groups in total. The zero-order valence-electron chi connectivity index (χ0n) is 23.2. The van der Waals surface area contributed by atoms with E-state index < -0.39 is 0 Å². The van der Waals surface area contributed by atoms with E-state index in [9.17, 15) is 4.79 Å². The number of benzene rings is 2. The summed E-state index contributed by atoms with van der Waals surface area (Å²) in [6, 6.07) is 14.8. The highest BCUT2D eigenvalue weighted by molar-refractivity contribution is 6.08. The van der Waals surface area contributed by atoms with E-state index in [2.05, 4.69) is 40.8 Å². The molecule has 2 aromatic carbocycles. The van der Waals surface area contributed by atoms with E-state index in [1.54, 1.807) is 7.11 Å². The van der Waals surface area contributed by atoms with Gasteiger partial charge in [0.2, 0.25) is 0 Å². The summed E-state index contributed by atoms with van der Waals surface area (Å²) < 4.78 is 14.2. The first kappa shape index (κ1) is 26.8. The van der Waals surface area contributed by atoms with Crippen LogP contribution in [0.1, 0.15) is 66.9 Å². The molecule has 1 saturated carbocycles. The molecule has 1 saturated heterocycles. The number of aryl methyl sites for hydroxylation is 2. The lowest BCUT2D eigenvalue weighted by molar-refractivity contribution is -0.0208. The largest absolute Gasteiger partial charge is 0.495 e. The third-order valence-corrected chi connectivity index (χ3v) is 8.23. The molecule has 1 amide bonds. The van der Waals surface area contributed by atoms with Gasteiger partial charge in [-0.25, -0.2) is 0 Å². The number of para-hydroxylation sites is 1. The number of carbonyl (C=O) groups excluding carboxylic acids is 1. The van der Waals surface area contributed by atoms with Gasteiger partial charge in [0.05, 0.1) is 24.3 Å². The monoisotopic (exact) mass is 517 g/mol. The van der Waals surface area contributed by atoms with Gasteiger partial charge < -0.3 is 24.3 Å². The number of piperidine rings is 1. The fourth-order valence-corrected chi connectivity index (χ4v) is 5.88. The van der Waals surface area contributed by atoms with Gasteiger partial charge in [-0.1, -0.05) is 48.9 Å². The molecule has 3 aromatic rings. The van der Waals surface area contributed by atoms with Crippen LogP contribution in [-0.4, -0.2) is 54.3 Å². The molecule has 0 radical (unpaired) electrons. The molecule has 0 spiro atoms. The van der Waals surface area contributed by atoms with Gasteiger partial charge in [0.25, 0.3) is 5.91 Å². The Hall–Kier alpha value is -2.83. The SMILES string of the molecule is CCC1CC(OCC2CC2)CCN1CCCn1cc(C(=O)NCc2cccc(C)c2)c2cccc(OC)c21. The molecule has 6 heteroatoms. The molecule has 2 atom stereocenters. The van der Waals surface area contributed by atoms with Crippen LogP contribution < -0.4 is 10.1 Å². The molecule has 38 heavy (non-hydrogen) atoms. The number of aromatic nitrogens is 1. The zero-order chi connectivity index (χ0) is 26.5. The Balaban J connectivity index is 1.23. The fraction of sp³-hybridized carbons (Fsp3) is 0.531. The van der Waals surface area contributed by atoms with Gasteiger partial charge in [-0.3, -0.25) is 4.79 Å². The van der Waals surface area contributed by atoms with Crippen LogP contribution in [0.15, 0.2) is 48.7 Å². The van der Waals surface area contributed by atoms with Gasteiger partial charge >= 0.3 is 0 Å². The van der Waals surface area contributed by atoms with Crippen LogP contribution in [0.2, 0.25) is 0 Å². The van der Waals surface area contributed by atoms with Crippen LogP contribution in [0, 0.1) is 12.8 Å². The van der Waals surface area contributed by atoms with Gasteiger partial charge in [0.15, 0.2) is 0 Å². The van der Waals surface area contributed by atoms with E-state index in [0.29, 0.717) is 24.3 Å². The average molecular weight is 518 g/mol. The highest BCUT2D eigenvalue weighted by Crippen LogP contribution is 2.32. The number of carbonyl (C=O) groups is 1. The van der Waals surface area contributed by atoms with E-state index >= 15 is 0 Å². The first-order chi connectivity index (χ1) is 18.6. The van der Waals surface area contributed by atoms with Crippen LogP contribution in [0.4, 0.5) is 0 Å². The minimum Gasteiger partial charge on any atom is -0.495 e. The summed E-state index contributed by atoms with van der Waals surface area (Å²) in [7, 11) is 1.70. The highest BCUT2D eigenvalue weighted by atomic mass is 16.5. The second-order valence-corrected chi connectivity index (χ2v) is 11.1. The maximum absolute atomic E-state index is 13.3. The molecule has 5 rings (SSSR count). The van der Waals surface area contributed by atoms with Crippen molar-refractivity contribution in [3.8, 4) is 5.75 Å². The van der Waals surface area contributed by atoms with Crippen molar-refractivity contribution in [2.75, 3.05) is 26.8 Å². The maximum atomic E-state index is 13.3. The van der Waals surface area contributed by atoms with E-state index in [-0.39, 0.29) is 5.91 Å². The van der Waals surface area contributed by atoms with Gasteiger partial charge in [0, 0.05) is 50.4 Å². The van der Waals surface area contributed by atoms with Gasteiger partial charge in [-0.2, -0.15) is 0 Å². The number of fused-ring (bicyclic) bond motifs is 1. The number of hydrogen-bond acceptors (Lipinski definition) is 4. The summed E-state index contributed by atoms with van der Waals surface area (Å²) >= 11 is 0. The molecule has 6 nitrogen and oxygen atoms in total. The van der Waals surface area contributed by atoms with Crippen molar-refractivity contribution in [2.24, 2.45) is 5.92 Å². The van der Waals surface area contributed by atoms with E-state index in [4.69, 9.17) is 9.47 Å². The molecule has 1 aliphatic heterocycles.